The topological polar surface area (TPSA) is 52.7 Å². The van der Waals surface area contributed by atoms with Crippen molar-refractivity contribution in [3.63, 3.8) is 0 Å². The summed E-state index contributed by atoms with van der Waals surface area (Å²) in [6.07, 6.45) is 7.29. The van der Waals surface area contributed by atoms with Gasteiger partial charge in [0, 0.05) is 40.7 Å². The van der Waals surface area contributed by atoms with Gasteiger partial charge in [0.15, 0.2) is 7.14 Å². The predicted octanol–water partition coefficient (Wildman–Crippen LogP) is 7.08. The Kier molecular flexibility index (Phi) is 9.37. The quantitative estimate of drug-likeness (QED) is 0.142. The SMILES string of the molecule is O=P1(c2ccccc2)c2ccccc2-c2ccc(-c3c[c-]c(-n4cccn4)cc3)cc21.[CH3-].[Ir+3].[c-]1ccccc1-n1cccn1. The number of rotatable bonds is 4. The summed E-state index contributed by atoms with van der Waals surface area (Å²) in [6.45, 7) is 0. The molecule has 8 rings (SSSR count). The first-order chi connectivity index (χ1) is 20.7. The maximum absolute atomic E-state index is 14.6. The van der Waals surface area contributed by atoms with Gasteiger partial charge in [0.1, 0.15) is 0 Å². The minimum atomic E-state index is -2.92. The smallest absolute Gasteiger partial charge is 0.358 e. The van der Waals surface area contributed by atoms with Gasteiger partial charge in [-0.25, -0.2) is 0 Å². The third kappa shape index (κ3) is 5.68. The molecule has 1 aliphatic heterocycles. The molecule has 1 unspecified atom stereocenters. The number of hydrogen-bond donors (Lipinski definition) is 0. The Labute approximate surface area is 271 Å². The van der Waals surface area contributed by atoms with Crippen LogP contribution in [0, 0.1) is 19.6 Å². The fourth-order valence-electron chi connectivity index (χ4n) is 5.31. The number of benzene rings is 5. The molecule has 0 aliphatic carbocycles. The molecule has 0 saturated heterocycles. The van der Waals surface area contributed by atoms with E-state index in [1.165, 1.54) is 0 Å². The van der Waals surface area contributed by atoms with Crippen molar-refractivity contribution in [2.75, 3.05) is 0 Å². The Morgan fingerprint density at radius 1 is 0.591 bits per heavy atom. The van der Waals surface area contributed by atoms with Crippen LogP contribution >= 0.6 is 7.14 Å². The van der Waals surface area contributed by atoms with E-state index < -0.39 is 7.14 Å². The molecule has 5 aromatic carbocycles. The van der Waals surface area contributed by atoms with E-state index >= 15 is 0 Å². The normalized spacial score (nSPS) is 14.2. The van der Waals surface area contributed by atoms with Crippen LogP contribution in [0.2, 0.25) is 0 Å². The molecule has 0 radical (unpaired) electrons. The maximum Gasteiger partial charge on any atom is 3.00 e. The van der Waals surface area contributed by atoms with Crippen molar-refractivity contribution >= 4 is 23.1 Å². The summed E-state index contributed by atoms with van der Waals surface area (Å²) in [5, 5.41) is 11.0. The van der Waals surface area contributed by atoms with Crippen LogP contribution in [0.3, 0.4) is 0 Å². The van der Waals surface area contributed by atoms with Gasteiger partial charge in [0.25, 0.3) is 0 Å². The standard InChI is InChI=1S/C27H18N2OP.C9H7N2.CH3.Ir/c30-31(23-7-2-1-3-8-23)26-10-5-4-9-24(26)25-16-13-21(19-27(25)31)20-11-14-22(15-12-20)29-18-6-17-28-29;1-2-5-9(6-3-1)11-8-4-7-10-11;;/h1-14,16-19H;1-5,7-8H;1H3;/q3*-1;+3. The Morgan fingerprint density at radius 2 is 1.23 bits per heavy atom. The first-order valence-corrected chi connectivity index (χ1v) is 15.3. The van der Waals surface area contributed by atoms with Crippen molar-refractivity contribution < 1.29 is 24.7 Å². The summed E-state index contributed by atoms with van der Waals surface area (Å²) in [5.74, 6) is 0. The average Bonchev–Trinajstić information content (AvgIpc) is 3.85. The van der Waals surface area contributed by atoms with Crippen molar-refractivity contribution in [3.8, 4) is 33.6 Å². The van der Waals surface area contributed by atoms with Gasteiger partial charge in [0.05, 0.1) is 0 Å². The van der Waals surface area contributed by atoms with E-state index in [0.717, 1.165) is 49.5 Å². The molecule has 1 atom stereocenters. The largest absolute Gasteiger partial charge is 3.00 e. The third-order valence-corrected chi connectivity index (χ3v) is 10.5. The number of fused-ring (bicyclic) bond motifs is 3. The van der Waals surface area contributed by atoms with E-state index in [2.05, 4.69) is 52.7 Å². The predicted molar refractivity (Wildman–Crippen MR) is 175 cm³/mol. The molecule has 2 aromatic heterocycles. The van der Waals surface area contributed by atoms with Crippen molar-refractivity contribution in [1.29, 1.82) is 0 Å². The van der Waals surface area contributed by atoms with Gasteiger partial charge in [-0.05, 0) is 34.6 Å². The molecule has 1 aliphatic rings. The van der Waals surface area contributed by atoms with Gasteiger partial charge in [-0.15, -0.1) is 17.7 Å². The van der Waals surface area contributed by atoms with Crippen molar-refractivity contribution in [3.05, 3.63) is 172 Å². The molecule has 0 bridgehead atoms. The second-order valence-corrected chi connectivity index (χ2v) is 12.5. The van der Waals surface area contributed by atoms with Crippen LogP contribution in [0.5, 0.6) is 0 Å². The van der Waals surface area contributed by atoms with Gasteiger partial charge in [-0.3, -0.25) is 9.36 Å². The molecule has 44 heavy (non-hydrogen) atoms. The Morgan fingerprint density at radius 3 is 1.86 bits per heavy atom. The summed E-state index contributed by atoms with van der Waals surface area (Å²) >= 11 is 0. The molecule has 7 heteroatoms. The Balaban J connectivity index is 0.000000251. The molecule has 0 fully saturated rings. The zero-order chi connectivity index (χ0) is 28.4. The second-order valence-electron chi connectivity index (χ2n) is 9.81. The monoisotopic (exact) mass is 768 g/mol. The molecule has 0 N–H and O–H groups in total. The van der Waals surface area contributed by atoms with Crippen molar-refractivity contribution in [2.24, 2.45) is 0 Å². The molecule has 0 amide bonds. The third-order valence-electron chi connectivity index (χ3n) is 7.31. The van der Waals surface area contributed by atoms with Crippen molar-refractivity contribution in [2.45, 2.75) is 0 Å². The van der Waals surface area contributed by atoms with Crippen LogP contribution in [0.15, 0.2) is 152 Å². The van der Waals surface area contributed by atoms with Gasteiger partial charge in [0.2, 0.25) is 0 Å². The second kappa shape index (κ2) is 13.4. The fourth-order valence-corrected chi connectivity index (χ4v) is 8.40. The number of hydrogen-bond acceptors (Lipinski definition) is 3. The Bertz CT molecular complexity index is 1990. The van der Waals surface area contributed by atoms with Crippen LogP contribution in [-0.2, 0) is 24.7 Å². The molecular weight excluding hydrogens is 740 g/mol. The van der Waals surface area contributed by atoms with E-state index in [0.29, 0.717) is 0 Å². The molecule has 3 heterocycles. The van der Waals surface area contributed by atoms with Gasteiger partial charge in [-0.1, -0.05) is 78.4 Å². The van der Waals surface area contributed by atoms with E-state index in [-0.39, 0.29) is 27.5 Å². The first kappa shape index (κ1) is 30.8. The van der Waals surface area contributed by atoms with E-state index in [1.54, 1.807) is 21.8 Å². The van der Waals surface area contributed by atoms with Crippen LogP contribution in [0.4, 0.5) is 0 Å². The molecule has 5 nitrogen and oxygen atoms in total. The van der Waals surface area contributed by atoms with Crippen LogP contribution in [0.1, 0.15) is 0 Å². The van der Waals surface area contributed by atoms with Gasteiger partial charge < -0.3 is 12.0 Å². The minimum Gasteiger partial charge on any atom is -0.358 e. The van der Waals surface area contributed by atoms with E-state index in [9.17, 15) is 4.57 Å². The molecule has 0 spiro atoms. The average molecular weight is 768 g/mol. The summed E-state index contributed by atoms with van der Waals surface area (Å²) in [5.41, 5.74) is 6.05. The van der Waals surface area contributed by atoms with Crippen LogP contribution < -0.4 is 15.9 Å². The summed E-state index contributed by atoms with van der Waals surface area (Å²) < 4.78 is 18.2. The number of aromatic nitrogens is 4. The number of nitrogens with zero attached hydrogens (tertiary/aromatic N) is 4. The van der Waals surface area contributed by atoms with Crippen LogP contribution in [0.25, 0.3) is 33.6 Å². The molecule has 216 valence electrons. The molecule has 0 saturated carbocycles. The number of para-hydroxylation sites is 1. The van der Waals surface area contributed by atoms with Gasteiger partial charge in [-0.2, -0.15) is 52.7 Å². The zero-order valence-corrected chi connectivity index (χ0v) is 27.2. The summed E-state index contributed by atoms with van der Waals surface area (Å²) in [6, 6.07) is 48.1. The van der Waals surface area contributed by atoms with E-state index in [4.69, 9.17) is 0 Å². The maximum atomic E-state index is 14.6. The zero-order valence-electron chi connectivity index (χ0n) is 23.9. The van der Waals surface area contributed by atoms with Crippen LogP contribution in [-0.4, -0.2) is 19.6 Å². The Hall–Kier alpha value is -4.60. The minimum absolute atomic E-state index is 0. The first-order valence-electron chi connectivity index (χ1n) is 13.6. The van der Waals surface area contributed by atoms with Gasteiger partial charge >= 0.3 is 20.1 Å². The molecular formula is C37H28IrN4OP. The fraction of sp³-hybridized carbons (Fsp3) is 0. The van der Waals surface area contributed by atoms with Crippen molar-refractivity contribution in [1.82, 2.24) is 19.6 Å². The molecule has 7 aromatic rings. The summed E-state index contributed by atoms with van der Waals surface area (Å²) in [4.78, 5) is 0. The van der Waals surface area contributed by atoms with E-state index in [1.807, 2.05) is 109 Å². The summed E-state index contributed by atoms with van der Waals surface area (Å²) in [7, 11) is -2.92.